The minimum atomic E-state index is -0.318. The number of ether oxygens (including phenoxy) is 1. The molecular formula is C11H13FO. The molecule has 1 aromatic carbocycles. The van der Waals surface area contributed by atoms with Gasteiger partial charge in [0.15, 0.2) is 11.6 Å². The number of hydrogen-bond donors (Lipinski definition) is 0. The molecule has 0 heterocycles. The normalized spacial score (nSPS) is 9.77. The third-order valence-electron chi connectivity index (χ3n) is 1.56. The van der Waals surface area contributed by atoms with E-state index in [1.807, 2.05) is 19.9 Å². The van der Waals surface area contributed by atoms with E-state index in [2.05, 4.69) is 6.58 Å². The van der Waals surface area contributed by atoms with Crippen molar-refractivity contribution < 1.29 is 9.13 Å². The maximum atomic E-state index is 13.1. The summed E-state index contributed by atoms with van der Waals surface area (Å²) in [5.74, 6) is -0.0325. The molecule has 0 amide bonds. The third-order valence-corrected chi connectivity index (χ3v) is 1.56. The largest absolute Gasteiger partial charge is 0.486 e. The van der Waals surface area contributed by atoms with Crippen LogP contribution in [0.4, 0.5) is 4.39 Å². The maximum Gasteiger partial charge on any atom is 0.165 e. The van der Waals surface area contributed by atoms with Crippen LogP contribution in [0.5, 0.6) is 5.75 Å². The van der Waals surface area contributed by atoms with Gasteiger partial charge in [0.05, 0.1) is 0 Å². The molecule has 0 aliphatic heterocycles. The second-order valence-electron chi connectivity index (χ2n) is 3.18. The molecule has 0 spiro atoms. The molecule has 0 aliphatic rings. The molecule has 2 heteroatoms. The first-order valence-corrected chi connectivity index (χ1v) is 4.13. The van der Waals surface area contributed by atoms with Gasteiger partial charge in [-0.1, -0.05) is 12.6 Å². The topological polar surface area (TPSA) is 9.23 Å². The molecule has 0 fully saturated rings. The molecule has 0 saturated carbocycles. The molecule has 0 bridgehead atoms. The van der Waals surface area contributed by atoms with Crippen molar-refractivity contribution >= 4 is 0 Å². The highest BCUT2D eigenvalue weighted by Crippen LogP contribution is 2.18. The van der Waals surface area contributed by atoms with Gasteiger partial charge >= 0.3 is 0 Å². The molecule has 1 rings (SSSR count). The number of halogens is 1. The van der Waals surface area contributed by atoms with Crippen molar-refractivity contribution in [2.75, 3.05) is 6.61 Å². The van der Waals surface area contributed by atoms with Gasteiger partial charge in [0.1, 0.15) is 6.61 Å². The zero-order valence-corrected chi connectivity index (χ0v) is 7.93. The Bertz CT molecular complexity index is 318. The van der Waals surface area contributed by atoms with Crippen LogP contribution in [-0.4, -0.2) is 6.61 Å². The van der Waals surface area contributed by atoms with Gasteiger partial charge in [-0.15, -0.1) is 0 Å². The molecule has 0 atom stereocenters. The Hall–Kier alpha value is -1.31. The van der Waals surface area contributed by atoms with Crippen LogP contribution >= 0.6 is 0 Å². The Morgan fingerprint density at radius 3 is 2.77 bits per heavy atom. The van der Waals surface area contributed by atoms with Gasteiger partial charge in [-0.05, 0) is 37.1 Å². The molecule has 0 aliphatic carbocycles. The van der Waals surface area contributed by atoms with Crippen molar-refractivity contribution in [1.29, 1.82) is 0 Å². The van der Waals surface area contributed by atoms with Crippen LogP contribution in [0.2, 0.25) is 0 Å². The predicted octanol–water partition coefficient (Wildman–Crippen LogP) is 3.09. The van der Waals surface area contributed by atoms with E-state index < -0.39 is 0 Å². The number of benzene rings is 1. The predicted molar refractivity (Wildman–Crippen MR) is 51.4 cm³/mol. The third kappa shape index (κ3) is 2.90. The lowest BCUT2D eigenvalue weighted by atomic mass is 10.2. The molecule has 1 aromatic rings. The molecule has 1 nitrogen and oxygen atoms in total. The van der Waals surface area contributed by atoms with Gasteiger partial charge in [0.2, 0.25) is 0 Å². The van der Waals surface area contributed by atoms with Crippen LogP contribution in [0, 0.1) is 12.7 Å². The minimum absolute atomic E-state index is 0.286. The summed E-state index contributed by atoms with van der Waals surface area (Å²) in [6, 6.07) is 4.90. The molecule has 0 unspecified atom stereocenters. The van der Waals surface area contributed by atoms with Gasteiger partial charge in [0, 0.05) is 0 Å². The summed E-state index contributed by atoms with van der Waals surface area (Å²) in [7, 11) is 0. The minimum Gasteiger partial charge on any atom is -0.486 e. The van der Waals surface area contributed by atoms with Crippen molar-refractivity contribution in [2.45, 2.75) is 13.8 Å². The van der Waals surface area contributed by atoms with Crippen LogP contribution in [-0.2, 0) is 0 Å². The van der Waals surface area contributed by atoms with Crippen LogP contribution in [0.3, 0.4) is 0 Å². The SMILES string of the molecule is C=C(C)COc1ccc(C)cc1F. The highest BCUT2D eigenvalue weighted by Gasteiger charge is 2.02. The summed E-state index contributed by atoms with van der Waals surface area (Å²) < 4.78 is 18.3. The average molecular weight is 180 g/mol. The fourth-order valence-corrected chi connectivity index (χ4v) is 0.924. The first-order chi connectivity index (χ1) is 6.09. The van der Waals surface area contributed by atoms with E-state index in [1.165, 1.54) is 6.07 Å². The van der Waals surface area contributed by atoms with Gasteiger partial charge in [0.25, 0.3) is 0 Å². The lowest BCUT2D eigenvalue weighted by molar-refractivity contribution is 0.332. The molecule has 13 heavy (non-hydrogen) atoms. The van der Waals surface area contributed by atoms with E-state index in [4.69, 9.17) is 4.74 Å². The van der Waals surface area contributed by atoms with E-state index in [0.717, 1.165) is 11.1 Å². The Morgan fingerprint density at radius 1 is 1.54 bits per heavy atom. The number of rotatable bonds is 3. The van der Waals surface area contributed by atoms with Crippen molar-refractivity contribution in [1.82, 2.24) is 0 Å². The maximum absolute atomic E-state index is 13.1. The molecular weight excluding hydrogens is 167 g/mol. The highest BCUT2D eigenvalue weighted by molar-refractivity contribution is 5.28. The molecule has 70 valence electrons. The van der Waals surface area contributed by atoms with E-state index in [-0.39, 0.29) is 11.6 Å². The molecule has 0 radical (unpaired) electrons. The Kier molecular flexibility index (Phi) is 3.07. The fourth-order valence-electron chi connectivity index (χ4n) is 0.924. The Balaban J connectivity index is 2.72. The lowest BCUT2D eigenvalue weighted by Crippen LogP contribution is -1.99. The van der Waals surface area contributed by atoms with Crippen molar-refractivity contribution in [3.63, 3.8) is 0 Å². The van der Waals surface area contributed by atoms with Gasteiger partial charge in [-0.3, -0.25) is 0 Å². The second-order valence-corrected chi connectivity index (χ2v) is 3.18. The molecule has 0 aromatic heterocycles. The average Bonchev–Trinajstić information content (AvgIpc) is 2.02. The van der Waals surface area contributed by atoms with Crippen LogP contribution in [0.15, 0.2) is 30.4 Å². The van der Waals surface area contributed by atoms with E-state index in [0.29, 0.717) is 6.61 Å². The summed E-state index contributed by atoms with van der Waals surface area (Å²) in [6.07, 6.45) is 0. The van der Waals surface area contributed by atoms with E-state index >= 15 is 0 Å². The van der Waals surface area contributed by atoms with Crippen LogP contribution in [0.1, 0.15) is 12.5 Å². The van der Waals surface area contributed by atoms with Gasteiger partial charge < -0.3 is 4.74 Å². The van der Waals surface area contributed by atoms with Crippen molar-refractivity contribution in [3.8, 4) is 5.75 Å². The van der Waals surface area contributed by atoms with Crippen LogP contribution in [0.25, 0.3) is 0 Å². The monoisotopic (exact) mass is 180 g/mol. The summed E-state index contributed by atoms with van der Waals surface area (Å²) >= 11 is 0. The number of aryl methyl sites for hydroxylation is 1. The van der Waals surface area contributed by atoms with Gasteiger partial charge in [-0.25, -0.2) is 4.39 Å². The summed E-state index contributed by atoms with van der Waals surface area (Å²) in [5.41, 5.74) is 1.76. The standard InChI is InChI=1S/C11H13FO/c1-8(2)7-13-11-5-4-9(3)6-10(11)12/h4-6H,1,7H2,2-3H3. The van der Waals surface area contributed by atoms with E-state index in [1.54, 1.807) is 6.07 Å². The van der Waals surface area contributed by atoms with Gasteiger partial charge in [-0.2, -0.15) is 0 Å². The fraction of sp³-hybridized carbons (Fsp3) is 0.273. The summed E-state index contributed by atoms with van der Waals surface area (Å²) in [5, 5.41) is 0. The zero-order chi connectivity index (χ0) is 9.84. The van der Waals surface area contributed by atoms with E-state index in [9.17, 15) is 4.39 Å². The van der Waals surface area contributed by atoms with Crippen molar-refractivity contribution in [2.24, 2.45) is 0 Å². The Morgan fingerprint density at radius 2 is 2.23 bits per heavy atom. The molecule has 0 saturated heterocycles. The van der Waals surface area contributed by atoms with Crippen LogP contribution < -0.4 is 4.74 Å². The lowest BCUT2D eigenvalue weighted by Gasteiger charge is -2.06. The summed E-state index contributed by atoms with van der Waals surface area (Å²) in [4.78, 5) is 0. The quantitative estimate of drug-likeness (QED) is 0.649. The molecule has 0 N–H and O–H groups in total. The first-order valence-electron chi connectivity index (χ1n) is 4.13. The zero-order valence-electron chi connectivity index (χ0n) is 7.93. The summed E-state index contributed by atoms with van der Waals surface area (Å²) in [6.45, 7) is 7.71. The first kappa shape index (κ1) is 9.78. The van der Waals surface area contributed by atoms with Crippen molar-refractivity contribution in [3.05, 3.63) is 41.7 Å². The smallest absolute Gasteiger partial charge is 0.165 e. The Labute approximate surface area is 77.8 Å². The second kappa shape index (κ2) is 4.08. The highest BCUT2D eigenvalue weighted by atomic mass is 19.1. The number of hydrogen-bond acceptors (Lipinski definition) is 1.